The van der Waals surface area contributed by atoms with Crippen LogP contribution in [0.5, 0.6) is 0 Å². The SMILES string of the molecule is CN1C(=O)N(CC(=O)Nc2cccc(C(=O)N3CCOCC3)c2)C(=O)C12CCCCC2. The van der Waals surface area contributed by atoms with Crippen molar-refractivity contribution in [1.29, 1.82) is 0 Å². The number of amides is 5. The second kappa shape index (κ2) is 8.66. The van der Waals surface area contributed by atoms with Crippen molar-refractivity contribution in [1.82, 2.24) is 14.7 Å². The summed E-state index contributed by atoms with van der Waals surface area (Å²) in [6.07, 6.45) is 4.12. The highest BCUT2D eigenvalue weighted by Gasteiger charge is 2.55. The molecule has 1 aromatic rings. The molecule has 9 nitrogen and oxygen atoms in total. The Balaban J connectivity index is 1.41. The monoisotopic (exact) mass is 428 g/mol. The van der Waals surface area contributed by atoms with Crippen molar-refractivity contribution < 1.29 is 23.9 Å². The van der Waals surface area contributed by atoms with Gasteiger partial charge in [0.15, 0.2) is 0 Å². The molecule has 0 atom stereocenters. The number of hydrogen-bond acceptors (Lipinski definition) is 5. The van der Waals surface area contributed by atoms with Crippen LogP contribution in [0.2, 0.25) is 0 Å². The van der Waals surface area contributed by atoms with Gasteiger partial charge in [-0.2, -0.15) is 0 Å². The minimum Gasteiger partial charge on any atom is -0.378 e. The van der Waals surface area contributed by atoms with Gasteiger partial charge in [-0.15, -0.1) is 0 Å². The Morgan fingerprint density at radius 2 is 1.81 bits per heavy atom. The Morgan fingerprint density at radius 3 is 2.52 bits per heavy atom. The van der Waals surface area contributed by atoms with Crippen LogP contribution in [0.1, 0.15) is 42.5 Å². The zero-order valence-electron chi connectivity index (χ0n) is 17.8. The normalized spacial score (nSPS) is 21.0. The first-order chi connectivity index (χ1) is 14.9. The molecule has 9 heteroatoms. The number of morpholine rings is 1. The van der Waals surface area contributed by atoms with E-state index < -0.39 is 17.5 Å². The van der Waals surface area contributed by atoms with Crippen LogP contribution in [-0.4, -0.2) is 83.9 Å². The molecule has 166 valence electrons. The van der Waals surface area contributed by atoms with Gasteiger partial charge in [-0.3, -0.25) is 19.3 Å². The third kappa shape index (κ3) is 4.01. The lowest BCUT2D eigenvalue weighted by Gasteiger charge is -2.35. The van der Waals surface area contributed by atoms with Gasteiger partial charge in [0.2, 0.25) is 5.91 Å². The van der Waals surface area contributed by atoms with E-state index in [-0.39, 0.29) is 18.4 Å². The lowest BCUT2D eigenvalue weighted by Crippen LogP contribution is -2.49. The Kier molecular flexibility index (Phi) is 5.95. The first kappa shape index (κ1) is 21.3. The molecule has 1 spiro atoms. The summed E-state index contributed by atoms with van der Waals surface area (Å²) in [6, 6.07) is 6.25. The number of benzene rings is 1. The first-order valence-electron chi connectivity index (χ1n) is 10.8. The maximum absolute atomic E-state index is 13.0. The van der Waals surface area contributed by atoms with Crippen molar-refractivity contribution in [3.8, 4) is 0 Å². The molecule has 1 N–H and O–H groups in total. The van der Waals surface area contributed by atoms with Gasteiger partial charge >= 0.3 is 6.03 Å². The van der Waals surface area contributed by atoms with Gasteiger partial charge in [-0.25, -0.2) is 4.79 Å². The Labute approximate surface area is 181 Å². The Morgan fingerprint density at radius 1 is 1.10 bits per heavy atom. The molecule has 3 aliphatic rings. The Bertz CT molecular complexity index is 890. The molecule has 4 rings (SSSR count). The van der Waals surface area contributed by atoms with Crippen LogP contribution in [0.4, 0.5) is 10.5 Å². The molecular formula is C22H28N4O5. The number of ether oxygens (including phenoxy) is 1. The van der Waals surface area contributed by atoms with Gasteiger partial charge in [0.1, 0.15) is 12.1 Å². The van der Waals surface area contributed by atoms with Crippen LogP contribution in [0.25, 0.3) is 0 Å². The number of carbonyl (C=O) groups is 4. The van der Waals surface area contributed by atoms with Crippen LogP contribution >= 0.6 is 0 Å². The summed E-state index contributed by atoms with van der Waals surface area (Å²) in [5.41, 5.74) is 0.109. The number of rotatable bonds is 4. The number of likely N-dealkylation sites (N-methyl/N-ethyl adjacent to an activating group) is 1. The van der Waals surface area contributed by atoms with Gasteiger partial charge in [0.05, 0.1) is 13.2 Å². The fourth-order valence-corrected chi connectivity index (χ4v) is 4.69. The van der Waals surface area contributed by atoms with Crippen molar-refractivity contribution in [3.63, 3.8) is 0 Å². The fourth-order valence-electron chi connectivity index (χ4n) is 4.69. The number of imide groups is 1. The quantitative estimate of drug-likeness (QED) is 0.736. The highest BCUT2D eigenvalue weighted by molar-refractivity contribution is 6.10. The largest absolute Gasteiger partial charge is 0.378 e. The second-order valence-corrected chi connectivity index (χ2v) is 8.36. The average molecular weight is 428 g/mol. The Hall–Kier alpha value is -2.94. The van der Waals surface area contributed by atoms with Gasteiger partial charge in [0.25, 0.3) is 11.8 Å². The summed E-state index contributed by atoms with van der Waals surface area (Å²) in [4.78, 5) is 55.3. The van der Waals surface area contributed by atoms with Crippen molar-refractivity contribution >= 4 is 29.4 Å². The number of anilines is 1. The maximum Gasteiger partial charge on any atom is 0.327 e. The number of nitrogens with one attached hydrogen (secondary N) is 1. The molecule has 2 saturated heterocycles. The van der Waals surface area contributed by atoms with E-state index in [9.17, 15) is 19.2 Å². The van der Waals surface area contributed by atoms with Gasteiger partial charge in [0, 0.05) is 31.4 Å². The average Bonchev–Trinajstić information content (AvgIpc) is 2.96. The molecule has 31 heavy (non-hydrogen) atoms. The zero-order chi connectivity index (χ0) is 22.0. The lowest BCUT2D eigenvalue weighted by atomic mass is 9.81. The van der Waals surface area contributed by atoms with E-state index >= 15 is 0 Å². The maximum atomic E-state index is 13.0. The highest BCUT2D eigenvalue weighted by Crippen LogP contribution is 2.39. The molecule has 5 amide bonds. The summed E-state index contributed by atoms with van der Waals surface area (Å²) in [5, 5.41) is 2.72. The lowest BCUT2D eigenvalue weighted by molar-refractivity contribution is -0.136. The molecule has 1 saturated carbocycles. The third-order valence-electron chi connectivity index (χ3n) is 6.48. The van der Waals surface area contributed by atoms with E-state index in [1.54, 1.807) is 36.2 Å². The molecule has 1 aliphatic carbocycles. The minimum atomic E-state index is -0.805. The second-order valence-electron chi connectivity index (χ2n) is 8.36. The zero-order valence-corrected chi connectivity index (χ0v) is 17.8. The smallest absolute Gasteiger partial charge is 0.327 e. The number of hydrogen-bond donors (Lipinski definition) is 1. The van der Waals surface area contributed by atoms with Crippen LogP contribution in [0.15, 0.2) is 24.3 Å². The molecule has 0 radical (unpaired) electrons. The van der Waals surface area contributed by atoms with Crippen molar-refractivity contribution in [2.45, 2.75) is 37.6 Å². The van der Waals surface area contributed by atoms with E-state index in [1.165, 1.54) is 4.90 Å². The van der Waals surface area contributed by atoms with Gasteiger partial charge in [-0.05, 0) is 31.0 Å². The molecule has 3 fully saturated rings. The van der Waals surface area contributed by atoms with Crippen molar-refractivity contribution in [2.75, 3.05) is 45.2 Å². The number of nitrogens with zero attached hydrogens (tertiary/aromatic N) is 3. The molecule has 0 aromatic heterocycles. The number of carbonyl (C=O) groups excluding carboxylic acids is 4. The highest BCUT2D eigenvalue weighted by atomic mass is 16.5. The summed E-state index contributed by atoms with van der Waals surface area (Å²) >= 11 is 0. The molecule has 0 unspecified atom stereocenters. The summed E-state index contributed by atoms with van der Waals surface area (Å²) < 4.78 is 5.28. The van der Waals surface area contributed by atoms with E-state index in [4.69, 9.17) is 4.74 Å². The van der Waals surface area contributed by atoms with Crippen LogP contribution < -0.4 is 5.32 Å². The van der Waals surface area contributed by atoms with Crippen LogP contribution in [0, 0.1) is 0 Å². The van der Waals surface area contributed by atoms with Gasteiger partial charge in [-0.1, -0.05) is 25.3 Å². The third-order valence-corrected chi connectivity index (χ3v) is 6.48. The molecule has 0 bridgehead atoms. The summed E-state index contributed by atoms with van der Waals surface area (Å²) in [5.74, 6) is -0.879. The minimum absolute atomic E-state index is 0.120. The molecule has 2 aliphatic heterocycles. The molecular weight excluding hydrogens is 400 g/mol. The summed E-state index contributed by atoms with van der Waals surface area (Å²) in [7, 11) is 1.64. The molecule has 1 aromatic carbocycles. The predicted octanol–water partition coefficient (Wildman–Crippen LogP) is 1.69. The fraction of sp³-hybridized carbons (Fsp3) is 0.545. The van der Waals surface area contributed by atoms with E-state index in [2.05, 4.69) is 5.32 Å². The van der Waals surface area contributed by atoms with Gasteiger partial charge < -0.3 is 19.9 Å². The van der Waals surface area contributed by atoms with E-state index in [0.29, 0.717) is 50.4 Å². The van der Waals surface area contributed by atoms with Crippen LogP contribution in [-0.2, 0) is 14.3 Å². The van der Waals surface area contributed by atoms with E-state index in [1.807, 2.05) is 0 Å². The number of urea groups is 1. The van der Waals surface area contributed by atoms with E-state index in [0.717, 1.165) is 24.2 Å². The topological polar surface area (TPSA) is 99.3 Å². The van der Waals surface area contributed by atoms with Crippen LogP contribution in [0.3, 0.4) is 0 Å². The molecule has 2 heterocycles. The standard InChI is InChI=1S/C22H28N4O5/c1-24-21(30)26(20(29)22(24)8-3-2-4-9-22)15-18(27)23-17-7-5-6-16(14-17)19(28)25-10-12-31-13-11-25/h5-7,14H,2-4,8-13,15H2,1H3,(H,23,27). The summed E-state index contributed by atoms with van der Waals surface area (Å²) in [6.45, 7) is 1.74. The predicted molar refractivity (Wildman–Crippen MR) is 112 cm³/mol. The first-order valence-corrected chi connectivity index (χ1v) is 10.8. The van der Waals surface area contributed by atoms with Crippen molar-refractivity contribution in [2.24, 2.45) is 0 Å². The van der Waals surface area contributed by atoms with Crippen molar-refractivity contribution in [3.05, 3.63) is 29.8 Å².